The summed E-state index contributed by atoms with van der Waals surface area (Å²) in [6.07, 6.45) is 10.2. The largest absolute Gasteiger partial charge is 0.0804 e. The summed E-state index contributed by atoms with van der Waals surface area (Å²) in [7, 11) is 0. The Kier molecular flexibility index (Phi) is 3.03. The molecule has 0 fully saturated rings. The quantitative estimate of drug-likeness (QED) is 0.579. The van der Waals surface area contributed by atoms with E-state index in [2.05, 4.69) is 67.6 Å². The molecule has 2 aromatic rings. The zero-order valence-electron chi connectivity index (χ0n) is 12.5. The van der Waals surface area contributed by atoms with E-state index in [1.54, 1.807) is 16.7 Å². The number of allylic oxidation sites excluding steroid dienone is 4. The van der Waals surface area contributed by atoms with Crippen molar-refractivity contribution in [2.24, 2.45) is 0 Å². The lowest BCUT2D eigenvalue weighted by atomic mass is 9.84. The van der Waals surface area contributed by atoms with E-state index < -0.39 is 0 Å². The fourth-order valence-corrected chi connectivity index (χ4v) is 3.91. The predicted molar refractivity (Wildman–Crippen MR) is 89.6 cm³/mol. The van der Waals surface area contributed by atoms with E-state index in [1.807, 2.05) is 0 Å². The maximum absolute atomic E-state index is 2.35. The zero-order chi connectivity index (χ0) is 14.2. The molecule has 0 aliphatic heterocycles. The highest BCUT2D eigenvalue weighted by molar-refractivity contribution is 5.78. The zero-order valence-corrected chi connectivity index (χ0v) is 12.5. The Morgan fingerprint density at radius 2 is 1.86 bits per heavy atom. The third-order valence-corrected chi connectivity index (χ3v) is 4.92. The molecule has 0 spiro atoms. The van der Waals surface area contributed by atoms with Crippen LogP contribution in [0.25, 0.3) is 11.1 Å². The van der Waals surface area contributed by atoms with Crippen LogP contribution < -0.4 is 0 Å². The second-order valence-electron chi connectivity index (χ2n) is 6.04. The van der Waals surface area contributed by atoms with Crippen LogP contribution in [0.3, 0.4) is 0 Å². The van der Waals surface area contributed by atoms with Crippen LogP contribution >= 0.6 is 0 Å². The van der Waals surface area contributed by atoms with Crippen LogP contribution in [0.2, 0.25) is 0 Å². The van der Waals surface area contributed by atoms with Gasteiger partial charge in [0.1, 0.15) is 0 Å². The molecule has 0 saturated heterocycles. The third-order valence-electron chi connectivity index (χ3n) is 4.92. The van der Waals surface area contributed by atoms with E-state index in [1.165, 1.54) is 23.1 Å². The molecule has 0 aromatic heterocycles. The van der Waals surface area contributed by atoms with Crippen molar-refractivity contribution in [2.45, 2.75) is 32.1 Å². The first-order chi connectivity index (χ1) is 10.4. The van der Waals surface area contributed by atoms with Gasteiger partial charge in [0.05, 0.1) is 0 Å². The Morgan fingerprint density at radius 3 is 2.67 bits per heavy atom. The molecule has 0 saturated carbocycles. The Hall–Kier alpha value is -2.08. The fraction of sp³-hybridized carbons (Fsp3) is 0.238. The summed E-state index contributed by atoms with van der Waals surface area (Å²) < 4.78 is 0. The van der Waals surface area contributed by atoms with Crippen molar-refractivity contribution in [3.05, 3.63) is 83.0 Å². The van der Waals surface area contributed by atoms with Crippen LogP contribution in [0.15, 0.2) is 66.3 Å². The Balaban J connectivity index is 1.82. The molecular formula is C21H20. The fourth-order valence-electron chi connectivity index (χ4n) is 3.91. The van der Waals surface area contributed by atoms with E-state index in [0.29, 0.717) is 5.92 Å². The van der Waals surface area contributed by atoms with Gasteiger partial charge in [-0.25, -0.2) is 0 Å². The molecule has 0 N–H and O–H groups in total. The van der Waals surface area contributed by atoms with Crippen molar-refractivity contribution in [1.29, 1.82) is 0 Å². The summed E-state index contributed by atoms with van der Waals surface area (Å²) in [5.41, 5.74) is 9.03. The molecule has 1 atom stereocenters. The number of hydrogen-bond donors (Lipinski definition) is 0. The highest BCUT2D eigenvalue weighted by atomic mass is 14.3. The topological polar surface area (TPSA) is 0 Å². The summed E-state index contributed by atoms with van der Waals surface area (Å²) in [6.45, 7) is 2.31. The molecule has 0 heterocycles. The van der Waals surface area contributed by atoms with Crippen LogP contribution in [0, 0.1) is 0 Å². The lowest BCUT2D eigenvalue weighted by Crippen LogP contribution is -2.04. The van der Waals surface area contributed by atoms with Gasteiger partial charge in [0.15, 0.2) is 0 Å². The number of hydrogen-bond acceptors (Lipinski definition) is 0. The van der Waals surface area contributed by atoms with Gasteiger partial charge < -0.3 is 0 Å². The Labute approximate surface area is 126 Å². The molecule has 104 valence electrons. The van der Waals surface area contributed by atoms with Gasteiger partial charge in [-0.1, -0.05) is 73.2 Å². The van der Waals surface area contributed by atoms with Crippen molar-refractivity contribution in [3.8, 4) is 11.1 Å². The minimum atomic E-state index is 0.573. The van der Waals surface area contributed by atoms with Gasteiger partial charge in [-0.15, -0.1) is 0 Å². The second-order valence-corrected chi connectivity index (χ2v) is 6.04. The van der Waals surface area contributed by atoms with E-state index >= 15 is 0 Å². The molecule has 4 rings (SSSR count). The first kappa shape index (κ1) is 12.6. The standard InChI is InChI=1S/C21H20/c1-2-17(15-8-3-4-9-15)19-12-7-13-20-18-11-6-5-10-16(18)14-21(19)20/h3-8,10-13,17H,2,9,14H2,1H3. The van der Waals surface area contributed by atoms with Gasteiger partial charge in [0.2, 0.25) is 0 Å². The molecule has 0 nitrogen and oxygen atoms in total. The second kappa shape index (κ2) is 5.04. The van der Waals surface area contributed by atoms with Crippen LogP contribution in [-0.4, -0.2) is 0 Å². The maximum Gasteiger partial charge on any atom is 0.00548 e. The van der Waals surface area contributed by atoms with Gasteiger partial charge in [-0.05, 0) is 47.1 Å². The summed E-state index contributed by atoms with van der Waals surface area (Å²) in [5, 5.41) is 0. The molecule has 2 aliphatic rings. The van der Waals surface area contributed by atoms with Crippen molar-refractivity contribution in [1.82, 2.24) is 0 Å². The molecule has 21 heavy (non-hydrogen) atoms. The lowest BCUT2D eigenvalue weighted by molar-refractivity contribution is 0.740. The Bertz CT molecular complexity index is 746. The van der Waals surface area contributed by atoms with E-state index in [0.717, 1.165) is 12.8 Å². The highest BCUT2D eigenvalue weighted by Crippen LogP contribution is 2.43. The predicted octanol–water partition coefficient (Wildman–Crippen LogP) is 5.64. The maximum atomic E-state index is 2.35. The molecule has 1 unspecified atom stereocenters. The number of fused-ring (bicyclic) bond motifs is 3. The third kappa shape index (κ3) is 1.98. The molecule has 2 aliphatic carbocycles. The van der Waals surface area contributed by atoms with Gasteiger partial charge in [-0.2, -0.15) is 0 Å². The average Bonchev–Trinajstić information content (AvgIpc) is 3.16. The molecule has 2 aromatic carbocycles. The van der Waals surface area contributed by atoms with Crippen molar-refractivity contribution in [2.75, 3.05) is 0 Å². The van der Waals surface area contributed by atoms with Crippen molar-refractivity contribution >= 4 is 0 Å². The number of rotatable bonds is 3. The normalized spacial score (nSPS) is 16.5. The monoisotopic (exact) mass is 272 g/mol. The van der Waals surface area contributed by atoms with Crippen molar-refractivity contribution in [3.63, 3.8) is 0 Å². The van der Waals surface area contributed by atoms with E-state index in [9.17, 15) is 0 Å². The molecule has 0 amide bonds. The summed E-state index contributed by atoms with van der Waals surface area (Å²) >= 11 is 0. The van der Waals surface area contributed by atoms with Crippen LogP contribution in [0.1, 0.15) is 42.4 Å². The van der Waals surface area contributed by atoms with Crippen LogP contribution in [0.5, 0.6) is 0 Å². The first-order valence-corrected chi connectivity index (χ1v) is 7.94. The van der Waals surface area contributed by atoms with Gasteiger partial charge >= 0.3 is 0 Å². The average molecular weight is 272 g/mol. The van der Waals surface area contributed by atoms with E-state index in [4.69, 9.17) is 0 Å². The Morgan fingerprint density at radius 1 is 1.00 bits per heavy atom. The first-order valence-electron chi connectivity index (χ1n) is 7.94. The van der Waals surface area contributed by atoms with Gasteiger partial charge in [-0.3, -0.25) is 0 Å². The SMILES string of the molecule is CCC(C1=CC=CC1)c1cccc2c1Cc1ccccc1-2. The molecule has 0 heteroatoms. The van der Waals surface area contributed by atoms with Crippen molar-refractivity contribution < 1.29 is 0 Å². The van der Waals surface area contributed by atoms with Gasteiger partial charge in [0, 0.05) is 5.92 Å². The minimum absolute atomic E-state index is 0.573. The molecular weight excluding hydrogens is 252 g/mol. The van der Waals surface area contributed by atoms with Crippen LogP contribution in [0.4, 0.5) is 0 Å². The number of benzene rings is 2. The summed E-state index contributed by atoms with van der Waals surface area (Å²) in [5.74, 6) is 0.573. The molecule has 0 radical (unpaired) electrons. The molecule has 0 bridgehead atoms. The highest BCUT2D eigenvalue weighted by Gasteiger charge is 2.25. The lowest BCUT2D eigenvalue weighted by Gasteiger charge is -2.20. The minimum Gasteiger partial charge on any atom is -0.0804 e. The summed E-state index contributed by atoms with van der Waals surface area (Å²) in [4.78, 5) is 0. The van der Waals surface area contributed by atoms with Gasteiger partial charge in [0.25, 0.3) is 0 Å². The van der Waals surface area contributed by atoms with E-state index in [-0.39, 0.29) is 0 Å². The summed E-state index contributed by atoms with van der Waals surface area (Å²) in [6, 6.07) is 15.7. The van der Waals surface area contributed by atoms with Crippen LogP contribution in [-0.2, 0) is 6.42 Å². The smallest absolute Gasteiger partial charge is 0.00548 e.